The second kappa shape index (κ2) is 9.46. The van der Waals surface area contributed by atoms with Crippen LogP contribution >= 0.6 is 0 Å². The molecular formula is C26H19F2N7O2. The zero-order chi connectivity index (χ0) is 26.1. The molecule has 0 radical (unpaired) electrons. The highest BCUT2D eigenvalue weighted by Gasteiger charge is 2.21. The fourth-order valence-electron chi connectivity index (χ4n) is 3.72. The third-order valence-corrected chi connectivity index (χ3v) is 5.46. The second-order valence-corrected chi connectivity index (χ2v) is 8.06. The molecule has 3 aromatic heterocycles. The zero-order valence-electron chi connectivity index (χ0n) is 19.4. The summed E-state index contributed by atoms with van der Waals surface area (Å²) in [6, 6.07) is 14.5. The number of aromatic nitrogens is 5. The number of nitrogens with one attached hydrogen (secondary N) is 1. The van der Waals surface area contributed by atoms with Crippen molar-refractivity contribution < 1.29 is 18.3 Å². The summed E-state index contributed by atoms with van der Waals surface area (Å²) < 4.78 is 35.2. The summed E-state index contributed by atoms with van der Waals surface area (Å²) in [6.45, 7) is 4.86. The Morgan fingerprint density at radius 2 is 1.84 bits per heavy atom. The third-order valence-electron chi connectivity index (χ3n) is 5.46. The van der Waals surface area contributed by atoms with Crippen molar-refractivity contribution in [2.24, 2.45) is 0 Å². The third kappa shape index (κ3) is 4.69. The van der Waals surface area contributed by atoms with Gasteiger partial charge in [-0.1, -0.05) is 24.8 Å². The van der Waals surface area contributed by atoms with Gasteiger partial charge in [-0.3, -0.25) is 4.79 Å². The van der Waals surface area contributed by atoms with E-state index < -0.39 is 17.6 Å². The van der Waals surface area contributed by atoms with Gasteiger partial charge in [0.2, 0.25) is 5.88 Å². The molecule has 0 atom stereocenters. The molecule has 0 aliphatic rings. The summed E-state index contributed by atoms with van der Waals surface area (Å²) >= 11 is 0. The van der Waals surface area contributed by atoms with Crippen LogP contribution in [0.5, 0.6) is 11.6 Å². The van der Waals surface area contributed by atoms with E-state index in [-0.39, 0.29) is 17.4 Å². The van der Waals surface area contributed by atoms with E-state index in [4.69, 9.17) is 10.5 Å². The molecule has 11 heteroatoms. The van der Waals surface area contributed by atoms with Crippen LogP contribution in [-0.2, 0) is 4.79 Å². The van der Waals surface area contributed by atoms with Gasteiger partial charge in [0.1, 0.15) is 17.5 Å². The normalized spacial score (nSPS) is 10.9. The van der Waals surface area contributed by atoms with E-state index in [1.807, 2.05) is 13.0 Å². The Morgan fingerprint density at radius 1 is 1.08 bits per heavy atom. The average Bonchev–Trinajstić information content (AvgIpc) is 3.27. The number of anilines is 2. The van der Waals surface area contributed by atoms with Crippen molar-refractivity contribution in [3.63, 3.8) is 0 Å². The van der Waals surface area contributed by atoms with E-state index in [2.05, 4.69) is 32.1 Å². The van der Waals surface area contributed by atoms with Gasteiger partial charge >= 0.3 is 0 Å². The van der Waals surface area contributed by atoms with Crippen molar-refractivity contribution in [2.75, 3.05) is 11.1 Å². The zero-order valence-corrected chi connectivity index (χ0v) is 19.4. The van der Waals surface area contributed by atoms with Crippen LogP contribution in [0, 0.1) is 12.7 Å². The lowest BCUT2D eigenvalue weighted by atomic mass is 9.99. The number of nitrogen functional groups attached to an aromatic ring is 1. The van der Waals surface area contributed by atoms with Gasteiger partial charge in [0, 0.05) is 29.1 Å². The molecule has 0 aliphatic carbocycles. The number of aryl methyl sites for hydroxylation is 1. The van der Waals surface area contributed by atoms with Crippen LogP contribution in [0.1, 0.15) is 5.56 Å². The molecule has 5 aromatic rings. The number of fused-ring (bicyclic) bond motifs is 1. The monoisotopic (exact) mass is 499 g/mol. The van der Waals surface area contributed by atoms with Crippen molar-refractivity contribution in [3.8, 4) is 34.0 Å². The fourth-order valence-corrected chi connectivity index (χ4v) is 3.72. The fraction of sp³-hybridized carbons (Fsp3) is 0.0385. The van der Waals surface area contributed by atoms with Crippen molar-refractivity contribution in [1.29, 1.82) is 0 Å². The first kappa shape index (κ1) is 23.5. The molecular weight excluding hydrogens is 480 g/mol. The largest absolute Gasteiger partial charge is 0.436 e. The number of carbonyl (C=O) groups is 1. The minimum absolute atomic E-state index is 0.00126. The smallest absolute Gasteiger partial charge is 0.283 e. The van der Waals surface area contributed by atoms with Crippen molar-refractivity contribution in [1.82, 2.24) is 24.8 Å². The van der Waals surface area contributed by atoms with E-state index in [9.17, 15) is 9.18 Å². The van der Waals surface area contributed by atoms with Crippen LogP contribution in [0.4, 0.5) is 20.3 Å². The van der Waals surface area contributed by atoms with Crippen molar-refractivity contribution in [2.45, 2.75) is 6.92 Å². The molecule has 5 rings (SSSR count). The first-order valence-electron chi connectivity index (χ1n) is 11.0. The summed E-state index contributed by atoms with van der Waals surface area (Å²) in [5, 5.41) is 11.1. The minimum atomic E-state index is -1.10. The number of rotatable bonds is 6. The predicted molar refractivity (Wildman–Crippen MR) is 134 cm³/mol. The van der Waals surface area contributed by atoms with Gasteiger partial charge in [-0.05, 0) is 48.4 Å². The molecule has 2 aromatic carbocycles. The topological polar surface area (TPSA) is 120 Å². The summed E-state index contributed by atoms with van der Waals surface area (Å²) in [7, 11) is 0. The SMILES string of the molecule is C=C(F)C(=O)Nc1ccc(-c2nn3ncnc(N)c3c2-c2ccc(Oc3cc(C)ccn3)c(F)c2)cc1. The molecule has 0 saturated heterocycles. The summed E-state index contributed by atoms with van der Waals surface area (Å²) in [4.78, 5) is 19.7. The molecule has 0 spiro atoms. The van der Waals surface area contributed by atoms with Gasteiger partial charge in [-0.15, -0.1) is 14.8 Å². The van der Waals surface area contributed by atoms with Crippen LogP contribution in [0.15, 0.2) is 79.5 Å². The van der Waals surface area contributed by atoms with Crippen LogP contribution < -0.4 is 15.8 Å². The molecule has 37 heavy (non-hydrogen) atoms. The molecule has 0 unspecified atom stereocenters. The number of hydrogen-bond acceptors (Lipinski definition) is 7. The lowest BCUT2D eigenvalue weighted by Gasteiger charge is -2.10. The van der Waals surface area contributed by atoms with Crippen LogP contribution in [-0.4, -0.2) is 30.7 Å². The van der Waals surface area contributed by atoms with Gasteiger partial charge < -0.3 is 15.8 Å². The molecule has 3 N–H and O–H groups in total. The van der Waals surface area contributed by atoms with Gasteiger partial charge in [0.15, 0.2) is 23.2 Å². The average molecular weight is 499 g/mol. The summed E-state index contributed by atoms with van der Waals surface area (Å²) in [5.74, 6) is -2.25. The quantitative estimate of drug-likeness (QED) is 0.312. The van der Waals surface area contributed by atoms with Gasteiger partial charge in [0.25, 0.3) is 5.91 Å². The summed E-state index contributed by atoms with van der Waals surface area (Å²) in [5.41, 5.74) is 9.82. The van der Waals surface area contributed by atoms with E-state index in [0.717, 1.165) is 5.56 Å². The van der Waals surface area contributed by atoms with Crippen molar-refractivity contribution in [3.05, 3.63) is 90.9 Å². The molecule has 3 heterocycles. The molecule has 0 bridgehead atoms. The number of ether oxygens (including phenoxy) is 1. The van der Waals surface area contributed by atoms with E-state index in [0.29, 0.717) is 33.6 Å². The minimum Gasteiger partial charge on any atom is -0.436 e. The summed E-state index contributed by atoms with van der Waals surface area (Å²) in [6.07, 6.45) is 2.84. The number of halogens is 2. The lowest BCUT2D eigenvalue weighted by Crippen LogP contribution is -2.10. The maximum Gasteiger partial charge on any atom is 0.283 e. The number of benzene rings is 2. The van der Waals surface area contributed by atoms with Gasteiger partial charge in [-0.2, -0.15) is 0 Å². The number of carbonyl (C=O) groups excluding carboxylic acids is 1. The lowest BCUT2D eigenvalue weighted by molar-refractivity contribution is -0.114. The number of amides is 1. The Labute approximate surface area is 209 Å². The van der Waals surface area contributed by atoms with Crippen LogP contribution in [0.3, 0.4) is 0 Å². The Morgan fingerprint density at radius 3 is 2.54 bits per heavy atom. The molecule has 9 nitrogen and oxygen atoms in total. The van der Waals surface area contributed by atoms with Crippen molar-refractivity contribution >= 4 is 22.9 Å². The Bertz CT molecular complexity index is 1670. The standard InChI is InChI=1S/C26H19F2N7O2/c1-14-9-10-30-21(11-14)37-20-8-5-17(12-19(20)28)22-23(34-35-24(22)25(29)31-13-32-35)16-3-6-18(7-4-16)33-26(36)15(2)27/h3-13H,2H2,1H3,(H,33,36)(H2,29,31,32). The first-order chi connectivity index (χ1) is 17.8. The van der Waals surface area contributed by atoms with E-state index >= 15 is 4.39 Å². The highest BCUT2D eigenvalue weighted by atomic mass is 19.1. The first-order valence-corrected chi connectivity index (χ1v) is 11.0. The Balaban J connectivity index is 1.57. The van der Waals surface area contributed by atoms with Crippen LogP contribution in [0.25, 0.3) is 27.9 Å². The molecule has 184 valence electrons. The maximum atomic E-state index is 15.2. The Kier molecular flexibility index (Phi) is 6.02. The Hall–Kier alpha value is -5.19. The van der Waals surface area contributed by atoms with E-state index in [1.54, 1.807) is 42.6 Å². The highest BCUT2D eigenvalue weighted by molar-refractivity contribution is 6.02. The number of hydrogen-bond donors (Lipinski definition) is 2. The molecule has 0 aliphatic heterocycles. The van der Waals surface area contributed by atoms with Crippen LogP contribution in [0.2, 0.25) is 0 Å². The number of pyridine rings is 1. The predicted octanol–water partition coefficient (Wildman–Crippen LogP) is 5.10. The molecule has 0 saturated carbocycles. The van der Waals surface area contributed by atoms with Gasteiger partial charge in [0.05, 0.1) is 0 Å². The number of nitrogens with zero attached hydrogens (tertiary/aromatic N) is 5. The maximum absolute atomic E-state index is 15.2. The van der Waals surface area contributed by atoms with E-state index in [1.165, 1.54) is 23.1 Å². The molecule has 1 amide bonds. The van der Waals surface area contributed by atoms with Gasteiger partial charge in [-0.25, -0.2) is 18.7 Å². The molecule has 0 fully saturated rings. The second-order valence-electron chi connectivity index (χ2n) is 8.06. The highest BCUT2D eigenvalue weighted by Crippen LogP contribution is 2.38. The number of nitrogens with two attached hydrogens (primary N) is 1.